The summed E-state index contributed by atoms with van der Waals surface area (Å²) < 4.78 is 4.98. The largest absolute Gasteiger partial charge is 0.479 e. The summed E-state index contributed by atoms with van der Waals surface area (Å²) in [6.45, 7) is 13.0. The molecule has 0 fully saturated rings. The standard InChI is InChI=1S/C12H18N2O4/c1-11(2,3)18-10(17)14-12(4,9(15)16)7-6-8-13-5/h6-7H,8H2,1-4H3,(H,14,17)(H,15,16)/b7-6-. The molecule has 100 valence electrons. The number of carbonyl (C=O) groups is 2. The van der Waals surface area contributed by atoms with Gasteiger partial charge in [-0.15, -0.1) is 0 Å². The van der Waals surface area contributed by atoms with E-state index in [1.54, 1.807) is 20.8 Å². The van der Waals surface area contributed by atoms with Crippen molar-refractivity contribution in [3.63, 3.8) is 0 Å². The van der Waals surface area contributed by atoms with Crippen molar-refractivity contribution in [3.8, 4) is 0 Å². The molecule has 0 aliphatic heterocycles. The van der Waals surface area contributed by atoms with Crippen LogP contribution in [-0.2, 0) is 9.53 Å². The summed E-state index contributed by atoms with van der Waals surface area (Å²) in [4.78, 5) is 25.7. The third kappa shape index (κ3) is 5.89. The molecule has 0 aromatic heterocycles. The molecule has 0 rings (SSSR count). The summed E-state index contributed by atoms with van der Waals surface area (Å²) in [6, 6.07) is 0. The third-order valence-electron chi connectivity index (χ3n) is 1.85. The number of aliphatic carboxylic acids is 1. The fourth-order valence-corrected chi connectivity index (χ4v) is 1.02. The van der Waals surface area contributed by atoms with Crippen molar-refractivity contribution in [2.24, 2.45) is 0 Å². The lowest BCUT2D eigenvalue weighted by molar-refractivity contribution is -0.142. The van der Waals surface area contributed by atoms with Gasteiger partial charge < -0.3 is 20.0 Å². The fraction of sp³-hybridized carbons (Fsp3) is 0.583. The van der Waals surface area contributed by atoms with E-state index in [-0.39, 0.29) is 6.54 Å². The Hall–Kier alpha value is -2.03. The molecule has 1 amide bonds. The second-order valence-electron chi connectivity index (χ2n) is 4.88. The SMILES string of the molecule is [C-]#[N+]C/C=C\C(C)(NC(=O)OC(C)(C)C)C(=O)O. The monoisotopic (exact) mass is 254 g/mol. The Morgan fingerprint density at radius 3 is 2.33 bits per heavy atom. The number of hydrogen-bond acceptors (Lipinski definition) is 3. The summed E-state index contributed by atoms with van der Waals surface area (Å²) in [5, 5.41) is 11.3. The van der Waals surface area contributed by atoms with Gasteiger partial charge in [0.2, 0.25) is 6.54 Å². The quantitative estimate of drug-likeness (QED) is 0.592. The van der Waals surface area contributed by atoms with E-state index in [1.165, 1.54) is 19.1 Å². The average Bonchev–Trinajstić information content (AvgIpc) is 2.14. The number of amides is 1. The number of ether oxygens (including phenoxy) is 1. The summed E-state index contributed by atoms with van der Waals surface area (Å²) in [7, 11) is 0. The van der Waals surface area contributed by atoms with E-state index >= 15 is 0 Å². The smallest absolute Gasteiger partial charge is 0.408 e. The van der Waals surface area contributed by atoms with Crippen molar-refractivity contribution in [1.82, 2.24) is 5.32 Å². The van der Waals surface area contributed by atoms with E-state index in [0.717, 1.165) is 0 Å². The molecule has 0 aliphatic carbocycles. The maximum absolute atomic E-state index is 11.5. The van der Waals surface area contributed by atoms with Gasteiger partial charge in [0.1, 0.15) is 5.60 Å². The van der Waals surface area contributed by atoms with E-state index in [2.05, 4.69) is 10.2 Å². The Bertz CT molecular complexity index is 390. The number of carboxylic acids is 1. The van der Waals surface area contributed by atoms with E-state index in [0.29, 0.717) is 0 Å². The highest BCUT2D eigenvalue weighted by Gasteiger charge is 2.33. The summed E-state index contributed by atoms with van der Waals surface area (Å²) in [5.74, 6) is -1.23. The molecule has 18 heavy (non-hydrogen) atoms. The first kappa shape index (κ1) is 16.0. The number of alkyl carbamates (subject to hydrolysis) is 1. The molecule has 0 aliphatic rings. The van der Waals surface area contributed by atoms with Gasteiger partial charge in [-0.2, -0.15) is 0 Å². The highest BCUT2D eigenvalue weighted by atomic mass is 16.6. The van der Waals surface area contributed by atoms with Gasteiger partial charge in [-0.05, 0) is 39.8 Å². The van der Waals surface area contributed by atoms with E-state index in [4.69, 9.17) is 16.4 Å². The fourth-order valence-electron chi connectivity index (χ4n) is 1.02. The molecule has 0 radical (unpaired) electrons. The Labute approximate surface area is 106 Å². The second kappa shape index (κ2) is 6.05. The number of nitrogens with one attached hydrogen (secondary N) is 1. The van der Waals surface area contributed by atoms with Crippen molar-refractivity contribution in [2.45, 2.75) is 38.8 Å². The van der Waals surface area contributed by atoms with Crippen LogP contribution in [0.25, 0.3) is 4.85 Å². The first-order valence-electron chi connectivity index (χ1n) is 5.36. The Morgan fingerprint density at radius 2 is 1.94 bits per heavy atom. The molecule has 0 heterocycles. The van der Waals surface area contributed by atoms with Crippen LogP contribution < -0.4 is 5.32 Å². The van der Waals surface area contributed by atoms with Crippen molar-refractivity contribution in [3.05, 3.63) is 23.6 Å². The van der Waals surface area contributed by atoms with Gasteiger partial charge in [-0.25, -0.2) is 16.2 Å². The van der Waals surface area contributed by atoms with E-state index in [9.17, 15) is 9.59 Å². The molecular weight excluding hydrogens is 236 g/mol. The average molecular weight is 254 g/mol. The molecule has 0 aromatic rings. The normalized spacial score (nSPS) is 14.6. The van der Waals surface area contributed by atoms with Gasteiger partial charge in [-0.3, -0.25) is 0 Å². The highest BCUT2D eigenvalue weighted by Crippen LogP contribution is 2.11. The minimum Gasteiger partial charge on any atom is -0.479 e. The van der Waals surface area contributed by atoms with Crippen LogP contribution in [0.5, 0.6) is 0 Å². The van der Waals surface area contributed by atoms with Crippen LogP contribution in [0.3, 0.4) is 0 Å². The molecule has 0 saturated carbocycles. The number of carbonyl (C=O) groups excluding carboxylic acids is 1. The molecule has 1 atom stereocenters. The molecule has 6 heteroatoms. The molecule has 0 aromatic carbocycles. The van der Waals surface area contributed by atoms with Gasteiger partial charge in [0, 0.05) is 0 Å². The molecular formula is C12H18N2O4. The number of nitrogens with zero attached hydrogens (tertiary/aromatic N) is 1. The van der Waals surface area contributed by atoms with Crippen molar-refractivity contribution in [1.29, 1.82) is 0 Å². The first-order valence-corrected chi connectivity index (χ1v) is 5.36. The van der Waals surface area contributed by atoms with Crippen LogP contribution in [0, 0.1) is 6.57 Å². The number of carboxylic acid groups (broad SMARTS) is 1. The summed E-state index contributed by atoms with van der Waals surface area (Å²) in [6.07, 6.45) is 1.83. The molecule has 0 saturated heterocycles. The minimum absolute atomic E-state index is 0.0544. The third-order valence-corrected chi connectivity index (χ3v) is 1.85. The lowest BCUT2D eigenvalue weighted by atomic mass is 10.0. The van der Waals surface area contributed by atoms with Crippen LogP contribution in [0.1, 0.15) is 27.7 Å². The highest BCUT2D eigenvalue weighted by molar-refractivity contribution is 5.86. The summed E-state index contributed by atoms with van der Waals surface area (Å²) in [5.41, 5.74) is -2.29. The van der Waals surface area contributed by atoms with Crippen LogP contribution in [0.15, 0.2) is 12.2 Å². The predicted octanol–water partition coefficient (Wildman–Crippen LogP) is 1.83. The Morgan fingerprint density at radius 1 is 1.39 bits per heavy atom. The van der Waals surface area contributed by atoms with E-state index in [1.807, 2.05) is 0 Å². The van der Waals surface area contributed by atoms with Crippen LogP contribution in [-0.4, -0.2) is 34.9 Å². The number of rotatable bonds is 4. The van der Waals surface area contributed by atoms with E-state index < -0.39 is 23.2 Å². The molecule has 0 spiro atoms. The summed E-state index contributed by atoms with van der Waals surface area (Å²) >= 11 is 0. The molecule has 0 bridgehead atoms. The van der Waals surface area contributed by atoms with Crippen LogP contribution in [0.2, 0.25) is 0 Å². The van der Waals surface area contributed by atoms with Crippen LogP contribution in [0.4, 0.5) is 4.79 Å². The first-order chi connectivity index (χ1) is 8.10. The zero-order chi connectivity index (χ0) is 14.4. The number of hydrogen-bond donors (Lipinski definition) is 2. The zero-order valence-corrected chi connectivity index (χ0v) is 11.0. The van der Waals surface area contributed by atoms with Crippen molar-refractivity contribution in [2.75, 3.05) is 6.54 Å². The maximum atomic E-state index is 11.5. The van der Waals surface area contributed by atoms with Crippen LogP contribution >= 0.6 is 0 Å². The molecule has 2 N–H and O–H groups in total. The minimum atomic E-state index is -1.59. The lowest BCUT2D eigenvalue weighted by Crippen LogP contribution is -2.52. The topological polar surface area (TPSA) is 80.0 Å². The molecule has 1 unspecified atom stereocenters. The van der Waals surface area contributed by atoms with Gasteiger partial charge in [0.15, 0.2) is 5.54 Å². The van der Waals surface area contributed by atoms with Gasteiger partial charge in [0.25, 0.3) is 0 Å². The van der Waals surface area contributed by atoms with Gasteiger partial charge >= 0.3 is 12.1 Å². The Balaban J connectivity index is 4.78. The maximum Gasteiger partial charge on any atom is 0.408 e. The van der Waals surface area contributed by atoms with Gasteiger partial charge in [0.05, 0.1) is 0 Å². The lowest BCUT2D eigenvalue weighted by Gasteiger charge is -2.26. The zero-order valence-electron chi connectivity index (χ0n) is 11.0. The molecule has 6 nitrogen and oxygen atoms in total. The van der Waals surface area contributed by atoms with Gasteiger partial charge in [-0.1, -0.05) is 0 Å². The van der Waals surface area contributed by atoms with Crippen molar-refractivity contribution < 1.29 is 19.4 Å². The van der Waals surface area contributed by atoms with Crippen molar-refractivity contribution >= 4 is 12.1 Å². The Kier molecular flexibility index (Phi) is 5.37. The predicted molar refractivity (Wildman–Crippen MR) is 66.0 cm³/mol. The second-order valence-corrected chi connectivity index (χ2v) is 4.88.